The number of fused-ring (bicyclic) bond motifs is 1. The van der Waals surface area contributed by atoms with Gasteiger partial charge in [0, 0.05) is 36.1 Å². The second-order valence-corrected chi connectivity index (χ2v) is 4.24. The molecule has 19 heavy (non-hydrogen) atoms. The quantitative estimate of drug-likeness (QED) is 0.760. The maximum absolute atomic E-state index is 12.4. The van der Waals surface area contributed by atoms with E-state index in [0.717, 1.165) is 16.6 Å². The standard InChI is InChI=1S/C14H12N4O/c1-18(12-4-6-15-7-5-12)14(19)10-2-3-11-9-16-17-13(11)8-10/h2-9H,1H3,(H,16,17). The van der Waals surface area contributed by atoms with Gasteiger partial charge < -0.3 is 4.90 Å². The molecule has 0 radical (unpaired) electrons. The van der Waals surface area contributed by atoms with Crippen LogP contribution in [0.5, 0.6) is 0 Å². The number of nitrogens with one attached hydrogen (secondary N) is 1. The minimum absolute atomic E-state index is 0.0669. The lowest BCUT2D eigenvalue weighted by molar-refractivity contribution is 0.0993. The Morgan fingerprint density at radius 2 is 2.00 bits per heavy atom. The number of pyridine rings is 1. The fraction of sp³-hybridized carbons (Fsp3) is 0.0714. The molecule has 0 aliphatic carbocycles. The number of carbonyl (C=O) groups excluding carboxylic acids is 1. The second-order valence-electron chi connectivity index (χ2n) is 4.24. The number of hydrogen-bond donors (Lipinski definition) is 1. The Morgan fingerprint density at radius 3 is 2.79 bits per heavy atom. The molecule has 0 aliphatic rings. The number of aromatic nitrogens is 3. The van der Waals surface area contributed by atoms with Gasteiger partial charge in [-0.1, -0.05) is 6.07 Å². The van der Waals surface area contributed by atoms with Crippen molar-refractivity contribution in [2.24, 2.45) is 0 Å². The van der Waals surface area contributed by atoms with E-state index in [1.165, 1.54) is 0 Å². The van der Waals surface area contributed by atoms with E-state index in [1.807, 2.05) is 12.1 Å². The largest absolute Gasteiger partial charge is 0.311 e. The number of aromatic amines is 1. The fourth-order valence-electron chi connectivity index (χ4n) is 1.95. The van der Waals surface area contributed by atoms with Crippen molar-refractivity contribution in [3.63, 3.8) is 0 Å². The molecule has 1 N–H and O–H groups in total. The van der Waals surface area contributed by atoms with Gasteiger partial charge in [0.2, 0.25) is 0 Å². The Hall–Kier alpha value is -2.69. The molecule has 0 fully saturated rings. The van der Waals surface area contributed by atoms with E-state index in [4.69, 9.17) is 0 Å². The Kier molecular flexibility index (Phi) is 2.72. The number of hydrogen-bond acceptors (Lipinski definition) is 3. The van der Waals surface area contributed by atoms with Crippen LogP contribution in [0.15, 0.2) is 48.9 Å². The molecule has 94 valence electrons. The van der Waals surface area contributed by atoms with Crippen LogP contribution in [-0.4, -0.2) is 28.1 Å². The van der Waals surface area contributed by atoms with Gasteiger partial charge in [-0.2, -0.15) is 5.10 Å². The SMILES string of the molecule is CN(C(=O)c1ccc2cn[nH]c2c1)c1ccncc1. The maximum atomic E-state index is 12.4. The first kappa shape index (κ1) is 11.4. The summed E-state index contributed by atoms with van der Waals surface area (Å²) in [7, 11) is 1.74. The zero-order chi connectivity index (χ0) is 13.2. The number of rotatable bonds is 2. The maximum Gasteiger partial charge on any atom is 0.258 e. The third kappa shape index (κ3) is 2.06. The fourth-order valence-corrected chi connectivity index (χ4v) is 1.95. The molecule has 0 saturated heterocycles. The Balaban J connectivity index is 1.95. The number of amides is 1. The molecule has 0 bridgehead atoms. The molecule has 0 unspecified atom stereocenters. The van der Waals surface area contributed by atoms with Crippen LogP contribution < -0.4 is 4.90 Å². The van der Waals surface area contributed by atoms with Gasteiger partial charge >= 0.3 is 0 Å². The van der Waals surface area contributed by atoms with Gasteiger partial charge in [-0.15, -0.1) is 0 Å². The highest BCUT2D eigenvalue weighted by molar-refractivity contribution is 6.07. The summed E-state index contributed by atoms with van der Waals surface area (Å²) in [5, 5.41) is 7.80. The molecular formula is C14H12N4O. The highest BCUT2D eigenvalue weighted by Gasteiger charge is 2.13. The van der Waals surface area contributed by atoms with Gasteiger partial charge in [-0.05, 0) is 24.3 Å². The Bertz CT molecular complexity index is 720. The number of carbonyl (C=O) groups is 1. The minimum atomic E-state index is -0.0669. The lowest BCUT2D eigenvalue weighted by atomic mass is 10.1. The van der Waals surface area contributed by atoms with E-state index in [0.29, 0.717) is 5.56 Å². The van der Waals surface area contributed by atoms with Gasteiger partial charge in [0.1, 0.15) is 0 Å². The highest BCUT2D eigenvalue weighted by atomic mass is 16.2. The third-order valence-electron chi connectivity index (χ3n) is 3.04. The van der Waals surface area contributed by atoms with Crippen LogP contribution in [0.1, 0.15) is 10.4 Å². The van der Waals surface area contributed by atoms with Crippen molar-refractivity contribution in [3.8, 4) is 0 Å². The lowest BCUT2D eigenvalue weighted by Gasteiger charge is -2.17. The third-order valence-corrected chi connectivity index (χ3v) is 3.04. The van der Waals surface area contributed by atoms with E-state index in [-0.39, 0.29) is 5.91 Å². The number of benzene rings is 1. The molecule has 0 atom stereocenters. The van der Waals surface area contributed by atoms with Crippen molar-refractivity contribution < 1.29 is 4.79 Å². The van der Waals surface area contributed by atoms with Crippen LogP contribution in [0.4, 0.5) is 5.69 Å². The van der Waals surface area contributed by atoms with Crippen LogP contribution in [0.25, 0.3) is 10.9 Å². The minimum Gasteiger partial charge on any atom is -0.311 e. The van der Waals surface area contributed by atoms with E-state index in [1.54, 1.807) is 48.7 Å². The van der Waals surface area contributed by atoms with Gasteiger partial charge in [0.15, 0.2) is 0 Å². The summed E-state index contributed by atoms with van der Waals surface area (Å²) >= 11 is 0. The van der Waals surface area contributed by atoms with Gasteiger partial charge in [0.25, 0.3) is 5.91 Å². The van der Waals surface area contributed by atoms with E-state index in [9.17, 15) is 4.79 Å². The normalized spacial score (nSPS) is 10.6. The monoisotopic (exact) mass is 252 g/mol. The van der Waals surface area contributed by atoms with Crippen LogP contribution in [-0.2, 0) is 0 Å². The molecule has 0 aliphatic heterocycles. The summed E-state index contributed by atoms with van der Waals surface area (Å²) in [5.41, 5.74) is 2.29. The van der Waals surface area contributed by atoms with Crippen molar-refractivity contribution in [1.82, 2.24) is 15.2 Å². The number of H-pyrrole nitrogens is 1. The molecule has 0 spiro atoms. The molecule has 3 rings (SSSR count). The van der Waals surface area contributed by atoms with Crippen LogP contribution in [0.3, 0.4) is 0 Å². The van der Waals surface area contributed by atoms with E-state index >= 15 is 0 Å². The first-order valence-electron chi connectivity index (χ1n) is 5.87. The zero-order valence-corrected chi connectivity index (χ0v) is 10.4. The van der Waals surface area contributed by atoms with Crippen molar-refractivity contribution in [2.75, 3.05) is 11.9 Å². The molecule has 1 amide bonds. The second kappa shape index (κ2) is 4.53. The van der Waals surface area contributed by atoms with Crippen LogP contribution in [0.2, 0.25) is 0 Å². The highest BCUT2D eigenvalue weighted by Crippen LogP contribution is 2.17. The first-order valence-corrected chi connectivity index (χ1v) is 5.87. The number of anilines is 1. The molecule has 0 saturated carbocycles. The number of nitrogens with zero attached hydrogens (tertiary/aromatic N) is 3. The molecule has 5 heteroatoms. The summed E-state index contributed by atoms with van der Waals surface area (Å²) in [6.45, 7) is 0. The molecule has 1 aromatic carbocycles. The van der Waals surface area contributed by atoms with E-state index < -0.39 is 0 Å². The Labute approximate surface area is 109 Å². The van der Waals surface area contributed by atoms with Crippen molar-refractivity contribution in [3.05, 3.63) is 54.5 Å². The van der Waals surface area contributed by atoms with E-state index in [2.05, 4.69) is 15.2 Å². The first-order chi connectivity index (χ1) is 9.25. The van der Waals surface area contributed by atoms with Gasteiger partial charge in [-0.25, -0.2) is 0 Å². The molecule has 2 heterocycles. The lowest BCUT2D eigenvalue weighted by Crippen LogP contribution is -2.26. The average molecular weight is 252 g/mol. The summed E-state index contributed by atoms with van der Waals surface area (Å²) in [4.78, 5) is 17.9. The summed E-state index contributed by atoms with van der Waals surface area (Å²) < 4.78 is 0. The molecule has 5 nitrogen and oxygen atoms in total. The molecule has 3 aromatic rings. The predicted molar refractivity (Wildman–Crippen MR) is 73.1 cm³/mol. The van der Waals surface area contributed by atoms with Crippen molar-refractivity contribution in [2.45, 2.75) is 0 Å². The Morgan fingerprint density at radius 1 is 1.21 bits per heavy atom. The summed E-state index contributed by atoms with van der Waals surface area (Å²) in [5.74, 6) is -0.0669. The average Bonchev–Trinajstić information content (AvgIpc) is 2.94. The summed E-state index contributed by atoms with van der Waals surface area (Å²) in [6, 6.07) is 9.09. The summed E-state index contributed by atoms with van der Waals surface area (Å²) in [6.07, 6.45) is 5.06. The topological polar surface area (TPSA) is 61.9 Å². The smallest absolute Gasteiger partial charge is 0.258 e. The van der Waals surface area contributed by atoms with Crippen molar-refractivity contribution in [1.29, 1.82) is 0 Å². The molecular weight excluding hydrogens is 240 g/mol. The molecule has 2 aromatic heterocycles. The van der Waals surface area contributed by atoms with Crippen LogP contribution in [0, 0.1) is 0 Å². The van der Waals surface area contributed by atoms with Gasteiger partial charge in [0.05, 0.1) is 11.7 Å². The van der Waals surface area contributed by atoms with Crippen LogP contribution >= 0.6 is 0 Å². The predicted octanol–water partition coefficient (Wildman–Crippen LogP) is 2.23. The zero-order valence-electron chi connectivity index (χ0n) is 10.4. The van der Waals surface area contributed by atoms with Gasteiger partial charge in [-0.3, -0.25) is 14.9 Å². The van der Waals surface area contributed by atoms with Crippen molar-refractivity contribution >= 4 is 22.5 Å².